The van der Waals surface area contributed by atoms with E-state index in [4.69, 9.17) is 14.2 Å². The molecule has 7 nitrogen and oxygen atoms in total. The van der Waals surface area contributed by atoms with Gasteiger partial charge in [-0.05, 0) is 24.1 Å². The molecule has 25 heavy (non-hydrogen) atoms. The number of imidazole rings is 1. The number of ether oxygens (including phenoxy) is 3. The van der Waals surface area contributed by atoms with E-state index in [-0.39, 0.29) is 18.1 Å². The van der Waals surface area contributed by atoms with E-state index in [9.17, 15) is 4.79 Å². The molecule has 0 radical (unpaired) electrons. The minimum Gasteiger partial charge on any atom is -0.493 e. The standard InChI is InChI=1S/C17H19N3O4S/c1-22-13-7-12(8-14-16(13)24-11-23-14)17-20(15(21)9-25-17)5-2-4-19-6-3-18-10-19/h3,6-8,10,17H,2,4-5,9,11H2,1H3. The molecule has 0 spiro atoms. The number of amides is 1. The van der Waals surface area contributed by atoms with E-state index in [2.05, 4.69) is 4.98 Å². The smallest absolute Gasteiger partial charge is 0.233 e. The van der Waals surface area contributed by atoms with Crippen molar-refractivity contribution in [3.63, 3.8) is 0 Å². The number of hydrogen-bond acceptors (Lipinski definition) is 6. The van der Waals surface area contributed by atoms with Crippen LogP contribution in [0.3, 0.4) is 0 Å². The van der Waals surface area contributed by atoms with Gasteiger partial charge in [-0.2, -0.15) is 0 Å². The highest BCUT2D eigenvalue weighted by molar-refractivity contribution is 8.00. The molecule has 1 saturated heterocycles. The maximum absolute atomic E-state index is 12.3. The van der Waals surface area contributed by atoms with Crippen LogP contribution in [0.2, 0.25) is 0 Å². The molecule has 2 aliphatic rings. The number of benzene rings is 1. The molecule has 1 aromatic heterocycles. The summed E-state index contributed by atoms with van der Waals surface area (Å²) in [4.78, 5) is 18.3. The topological polar surface area (TPSA) is 65.8 Å². The van der Waals surface area contributed by atoms with E-state index in [1.807, 2.05) is 27.8 Å². The molecule has 8 heteroatoms. The van der Waals surface area contributed by atoms with Crippen LogP contribution in [0.25, 0.3) is 0 Å². The summed E-state index contributed by atoms with van der Waals surface area (Å²) in [6.45, 7) is 1.73. The third-order valence-corrected chi connectivity index (χ3v) is 5.56. The number of methoxy groups -OCH3 is 1. The molecule has 0 saturated carbocycles. The molecule has 0 N–H and O–H groups in total. The number of aryl methyl sites for hydroxylation is 1. The van der Waals surface area contributed by atoms with Crippen molar-refractivity contribution in [2.75, 3.05) is 26.2 Å². The Bertz CT molecular complexity index is 766. The zero-order chi connectivity index (χ0) is 17.2. The van der Waals surface area contributed by atoms with E-state index in [0.29, 0.717) is 29.5 Å². The van der Waals surface area contributed by atoms with Crippen molar-refractivity contribution < 1.29 is 19.0 Å². The summed E-state index contributed by atoms with van der Waals surface area (Å²) in [5, 5.41) is -0.0290. The van der Waals surface area contributed by atoms with Crippen LogP contribution < -0.4 is 14.2 Å². The van der Waals surface area contributed by atoms with E-state index < -0.39 is 0 Å². The van der Waals surface area contributed by atoms with Crippen LogP contribution in [0.1, 0.15) is 17.4 Å². The van der Waals surface area contributed by atoms with Crippen molar-refractivity contribution in [1.29, 1.82) is 0 Å². The summed E-state index contributed by atoms with van der Waals surface area (Å²) >= 11 is 1.63. The van der Waals surface area contributed by atoms with Gasteiger partial charge in [-0.1, -0.05) is 0 Å². The summed E-state index contributed by atoms with van der Waals surface area (Å²) in [5.74, 6) is 2.60. The van der Waals surface area contributed by atoms with Crippen molar-refractivity contribution >= 4 is 17.7 Å². The molecule has 2 aromatic rings. The fourth-order valence-electron chi connectivity index (χ4n) is 3.11. The summed E-state index contributed by atoms with van der Waals surface area (Å²) in [5.41, 5.74) is 1.000. The Kier molecular flexibility index (Phi) is 4.44. The van der Waals surface area contributed by atoms with Gasteiger partial charge in [-0.15, -0.1) is 11.8 Å². The monoisotopic (exact) mass is 361 g/mol. The average Bonchev–Trinajstić information content (AvgIpc) is 3.35. The van der Waals surface area contributed by atoms with Crippen LogP contribution in [0.5, 0.6) is 17.2 Å². The third kappa shape index (κ3) is 3.13. The number of nitrogens with zero attached hydrogens (tertiary/aromatic N) is 3. The Labute approximate surface area is 149 Å². The van der Waals surface area contributed by atoms with Crippen LogP contribution >= 0.6 is 11.8 Å². The molecule has 1 atom stereocenters. The first-order valence-electron chi connectivity index (χ1n) is 8.10. The van der Waals surface area contributed by atoms with Gasteiger partial charge in [0.15, 0.2) is 11.5 Å². The number of rotatable bonds is 6. The maximum atomic E-state index is 12.3. The molecule has 3 heterocycles. The molecule has 0 aliphatic carbocycles. The van der Waals surface area contributed by atoms with Gasteiger partial charge >= 0.3 is 0 Å². The third-order valence-electron chi connectivity index (χ3n) is 4.31. The van der Waals surface area contributed by atoms with Gasteiger partial charge in [0.25, 0.3) is 0 Å². The Morgan fingerprint density at radius 1 is 1.36 bits per heavy atom. The summed E-state index contributed by atoms with van der Waals surface area (Å²) in [6, 6.07) is 3.89. The predicted octanol–water partition coefficient (Wildman–Crippen LogP) is 2.28. The molecule has 1 fully saturated rings. The Balaban J connectivity index is 1.51. The highest BCUT2D eigenvalue weighted by atomic mass is 32.2. The van der Waals surface area contributed by atoms with Crippen molar-refractivity contribution in [1.82, 2.24) is 14.5 Å². The predicted molar refractivity (Wildman–Crippen MR) is 92.9 cm³/mol. The molecule has 1 unspecified atom stereocenters. The lowest BCUT2D eigenvalue weighted by atomic mass is 10.1. The van der Waals surface area contributed by atoms with Gasteiger partial charge < -0.3 is 23.7 Å². The second kappa shape index (κ2) is 6.87. The lowest BCUT2D eigenvalue weighted by Crippen LogP contribution is -2.29. The van der Waals surface area contributed by atoms with Gasteiger partial charge in [-0.25, -0.2) is 4.98 Å². The first-order chi connectivity index (χ1) is 12.3. The van der Waals surface area contributed by atoms with Gasteiger partial charge in [0, 0.05) is 25.5 Å². The van der Waals surface area contributed by atoms with Crippen molar-refractivity contribution in [2.24, 2.45) is 0 Å². The largest absolute Gasteiger partial charge is 0.493 e. The number of fused-ring (bicyclic) bond motifs is 1. The number of carbonyl (C=O) groups excluding carboxylic acids is 1. The first kappa shape index (κ1) is 16.1. The second-order valence-corrected chi connectivity index (χ2v) is 6.93. The number of aromatic nitrogens is 2. The Hall–Kier alpha value is -2.35. The molecule has 0 bridgehead atoms. The molecule has 1 amide bonds. The molecule has 1 aromatic carbocycles. The zero-order valence-electron chi connectivity index (χ0n) is 13.9. The number of carbonyl (C=O) groups is 1. The number of thioether (sulfide) groups is 1. The highest BCUT2D eigenvalue weighted by Crippen LogP contribution is 2.47. The van der Waals surface area contributed by atoms with E-state index in [0.717, 1.165) is 18.5 Å². The van der Waals surface area contributed by atoms with Crippen molar-refractivity contribution in [3.05, 3.63) is 36.4 Å². The average molecular weight is 361 g/mol. The minimum absolute atomic E-state index is 0.0290. The summed E-state index contributed by atoms with van der Waals surface area (Å²) in [7, 11) is 1.61. The molecule has 4 rings (SSSR count). The van der Waals surface area contributed by atoms with Crippen LogP contribution in [0.15, 0.2) is 30.9 Å². The number of hydrogen-bond donors (Lipinski definition) is 0. The highest BCUT2D eigenvalue weighted by Gasteiger charge is 2.34. The minimum atomic E-state index is -0.0290. The Morgan fingerprint density at radius 2 is 2.28 bits per heavy atom. The molecule has 2 aliphatic heterocycles. The van der Waals surface area contributed by atoms with E-state index >= 15 is 0 Å². The molecule has 132 valence electrons. The van der Waals surface area contributed by atoms with Crippen LogP contribution in [0.4, 0.5) is 0 Å². The summed E-state index contributed by atoms with van der Waals surface area (Å²) < 4.78 is 18.4. The van der Waals surface area contributed by atoms with Crippen LogP contribution in [-0.2, 0) is 11.3 Å². The van der Waals surface area contributed by atoms with Crippen molar-refractivity contribution in [3.8, 4) is 17.2 Å². The van der Waals surface area contributed by atoms with Gasteiger partial charge in [0.2, 0.25) is 18.4 Å². The quantitative estimate of drug-likeness (QED) is 0.786. The molecular formula is C17H19N3O4S. The lowest BCUT2D eigenvalue weighted by molar-refractivity contribution is -0.128. The van der Waals surface area contributed by atoms with Crippen LogP contribution in [0, 0.1) is 0 Å². The van der Waals surface area contributed by atoms with Gasteiger partial charge in [-0.3, -0.25) is 4.79 Å². The first-order valence-corrected chi connectivity index (χ1v) is 9.15. The fraction of sp³-hybridized carbons (Fsp3) is 0.412. The van der Waals surface area contributed by atoms with Crippen molar-refractivity contribution in [2.45, 2.75) is 18.3 Å². The SMILES string of the molecule is COc1cc(C2SCC(=O)N2CCCn2ccnc2)cc2c1OCO2. The van der Waals surface area contributed by atoms with E-state index in [1.165, 1.54) is 0 Å². The normalized spacial score (nSPS) is 18.8. The molecular weight excluding hydrogens is 342 g/mol. The maximum Gasteiger partial charge on any atom is 0.233 e. The van der Waals surface area contributed by atoms with Gasteiger partial charge in [0.05, 0.1) is 19.2 Å². The fourth-order valence-corrected chi connectivity index (χ4v) is 4.30. The summed E-state index contributed by atoms with van der Waals surface area (Å²) in [6.07, 6.45) is 6.36. The zero-order valence-corrected chi connectivity index (χ0v) is 14.7. The van der Waals surface area contributed by atoms with E-state index in [1.54, 1.807) is 31.4 Å². The van der Waals surface area contributed by atoms with Crippen LogP contribution in [-0.4, -0.2) is 46.6 Å². The lowest BCUT2D eigenvalue weighted by Gasteiger charge is -2.25. The second-order valence-electron chi connectivity index (χ2n) is 5.86. The van der Waals surface area contributed by atoms with Gasteiger partial charge in [0.1, 0.15) is 5.37 Å². The Morgan fingerprint density at radius 3 is 3.08 bits per heavy atom.